The topological polar surface area (TPSA) is 85.7 Å². The lowest BCUT2D eigenvalue weighted by Crippen LogP contribution is -2.70. The third-order valence-electron chi connectivity index (χ3n) is 12.2. The van der Waals surface area contributed by atoms with Crippen LogP contribution in [0.5, 0.6) is 0 Å². The minimum absolute atomic E-state index is 0.0597. The van der Waals surface area contributed by atoms with E-state index in [1.807, 2.05) is 50.2 Å². The molecule has 43 heavy (non-hydrogen) atoms. The zero-order valence-corrected chi connectivity index (χ0v) is 25.5. The highest BCUT2D eigenvalue weighted by Crippen LogP contribution is 2.73. The molecule has 0 bridgehead atoms. The summed E-state index contributed by atoms with van der Waals surface area (Å²) in [7, 11) is 0. The molecule has 5 aliphatic carbocycles. The number of Topliss-reactive ketones (excluding diaryl/α,β-unsaturated/α-hetero) is 1. The molecule has 1 aromatic carbocycles. The van der Waals surface area contributed by atoms with E-state index in [9.17, 15) is 14.7 Å². The standard InChI is InChI=1S/C35H38FNO5S/c1-31-16-13-23(38)17-22(31)10-11-24-25-18-29-35(42-33(41-29)14-5-6-15-33,32(25,2)19-27(39)34(24,31)36)28(40)20-43-30-12-9-21-7-3-4-8-26(21)37-30/h3-4,7-9,12-13,16-17,24-25,27,29,39H,5-6,10-11,14-15,18-20H2,1-2H3/t24?,25?,27-,29-,31?,32?,34-,35+/m0/s1. The second-order valence-corrected chi connectivity index (χ2v) is 15.1. The number of hydrogen-bond donors (Lipinski definition) is 1. The molecule has 1 aromatic heterocycles. The van der Waals surface area contributed by atoms with E-state index in [-0.39, 0.29) is 29.7 Å². The lowest BCUT2D eigenvalue weighted by molar-refractivity contribution is -0.252. The number of rotatable bonds is 4. The lowest BCUT2D eigenvalue weighted by Gasteiger charge is -2.62. The number of ketones is 2. The van der Waals surface area contributed by atoms with Crippen LogP contribution in [0, 0.1) is 22.7 Å². The van der Waals surface area contributed by atoms with Crippen molar-refractivity contribution in [2.75, 3.05) is 5.75 Å². The summed E-state index contributed by atoms with van der Waals surface area (Å²) in [6.45, 7) is 3.87. The molecule has 8 heteroatoms. The molecule has 6 aliphatic rings. The lowest BCUT2D eigenvalue weighted by atomic mass is 9.44. The van der Waals surface area contributed by atoms with Crippen LogP contribution in [-0.2, 0) is 19.1 Å². The van der Waals surface area contributed by atoms with Crippen LogP contribution in [-0.4, -0.2) is 56.7 Å². The maximum atomic E-state index is 17.7. The van der Waals surface area contributed by atoms with Gasteiger partial charge in [0.15, 0.2) is 28.6 Å². The number of halogens is 1. The second-order valence-electron chi connectivity index (χ2n) is 14.1. The van der Waals surface area contributed by atoms with E-state index < -0.39 is 46.0 Å². The van der Waals surface area contributed by atoms with Gasteiger partial charge in [-0.15, -0.1) is 0 Å². The molecule has 0 amide bonds. The van der Waals surface area contributed by atoms with Crippen LogP contribution in [0.1, 0.15) is 65.2 Å². The summed E-state index contributed by atoms with van der Waals surface area (Å²) in [5.74, 6) is -1.56. The third-order valence-corrected chi connectivity index (χ3v) is 13.1. The predicted octanol–water partition coefficient (Wildman–Crippen LogP) is 6.30. The number of alkyl halides is 1. The van der Waals surface area contributed by atoms with Crippen LogP contribution in [0.3, 0.4) is 0 Å². The Labute approximate surface area is 255 Å². The van der Waals surface area contributed by atoms with Crippen molar-refractivity contribution in [1.29, 1.82) is 0 Å². The summed E-state index contributed by atoms with van der Waals surface area (Å²) < 4.78 is 31.5. The summed E-state index contributed by atoms with van der Waals surface area (Å²) in [5, 5.41) is 13.7. The maximum absolute atomic E-state index is 17.7. The van der Waals surface area contributed by atoms with E-state index in [2.05, 4.69) is 0 Å². The fourth-order valence-electron chi connectivity index (χ4n) is 10.1. The molecule has 4 saturated carbocycles. The number of para-hydroxylation sites is 1. The largest absolute Gasteiger partial charge is 0.390 e. The molecule has 226 valence electrons. The van der Waals surface area contributed by atoms with Gasteiger partial charge in [0, 0.05) is 35.0 Å². The number of benzene rings is 1. The Morgan fingerprint density at radius 1 is 1.14 bits per heavy atom. The number of aromatic nitrogens is 1. The van der Waals surface area contributed by atoms with Crippen LogP contribution in [0.25, 0.3) is 10.9 Å². The number of thioether (sulfide) groups is 1. The summed E-state index contributed by atoms with van der Waals surface area (Å²) in [5.41, 5.74) is -3.50. The van der Waals surface area contributed by atoms with Gasteiger partial charge in [0.2, 0.25) is 0 Å². The number of nitrogens with zero attached hydrogens (tertiary/aromatic N) is 1. The van der Waals surface area contributed by atoms with Crippen molar-refractivity contribution in [3.63, 3.8) is 0 Å². The highest BCUT2D eigenvalue weighted by Gasteiger charge is 2.80. The number of pyridine rings is 1. The van der Waals surface area contributed by atoms with E-state index in [0.29, 0.717) is 19.3 Å². The second kappa shape index (κ2) is 9.32. The van der Waals surface area contributed by atoms with Gasteiger partial charge in [-0.1, -0.05) is 54.6 Å². The molecular formula is C35H38FNO5S. The number of carbonyl (C=O) groups excluding carboxylic acids is 2. The van der Waals surface area contributed by atoms with Gasteiger partial charge in [-0.2, -0.15) is 0 Å². The number of carbonyl (C=O) groups is 2. The van der Waals surface area contributed by atoms with Crippen molar-refractivity contribution in [3.05, 3.63) is 60.2 Å². The predicted molar refractivity (Wildman–Crippen MR) is 161 cm³/mol. The van der Waals surface area contributed by atoms with Crippen molar-refractivity contribution in [3.8, 4) is 0 Å². The van der Waals surface area contributed by atoms with Crippen LogP contribution in [0.15, 0.2) is 65.2 Å². The molecule has 6 nitrogen and oxygen atoms in total. The van der Waals surface area contributed by atoms with E-state index in [1.54, 1.807) is 12.2 Å². The first-order valence-corrected chi connectivity index (χ1v) is 16.7. The Balaban J connectivity index is 1.16. The Kier molecular flexibility index (Phi) is 6.09. The molecule has 8 rings (SSSR count). The molecule has 1 N–H and O–H groups in total. The molecule has 2 heterocycles. The number of allylic oxidation sites excluding steroid dienone is 4. The third kappa shape index (κ3) is 3.61. The highest BCUT2D eigenvalue weighted by atomic mass is 32.2. The number of aliphatic hydroxyl groups is 1. The minimum atomic E-state index is -1.96. The fraction of sp³-hybridized carbons (Fsp3) is 0.571. The van der Waals surface area contributed by atoms with Crippen molar-refractivity contribution >= 4 is 34.2 Å². The first-order chi connectivity index (χ1) is 20.5. The maximum Gasteiger partial charge on any atom is 0.178 e. The van der Waals surface area contributed by atoms with Crippen molar-refractivity contribution in [2.24, 2.45) is 22.7 Å². The number of fused-ring (bicyclic) bond motifs is 8. The Hall–Kier alpha value is -2.39. The number of hydrogen-bond acceptors (Lipinski definition) is 7. The zero-order valence-electron chi connectivity index (χ0n) is 24.7. The van der Waals surface area contributed by atoms with Crippen LogP contribution >= 0.6 is 11.8 Å². The molecule has 1 aliphatic heterocycles. The van der Waals surface area contributed by atoms with Crippen molar-refractivity contribution in [1.82, 2.24) is 4.98 Å². The summed E-state index contributed by atoms with van der Waals surface area (Å²) >= 11 is 1.40. The first kappa shape index (κ1) is 28.1. The van der Waals surface area contributed by atoms with Gasteiger partial charge in [-0.05, 0) is 75.7 Å². The normalized spacial score (nSPS) is 42.4. The number of ether oxygens (including phenoxy) is 2. The summed E-state index contributed by atoms with van der Waals surface area (Å²) in [6, 6.07) is 11.9. The Bertz CT molecular complexity index is 1600. The molecule has 1 saturated heterocycles. The molecule has 2 aromatic rings. The average Bonchev–Trinajstić information content (AvgIpc) is 3.65. The molecule has 5 fully saturated rings. The van der Waals surface area contributed by atoms with Gasteiger partial charge >= 0.3 is 0 Å². The monoisotopic (exact) mass is 603 g/mol. The van der Waals surface area contributed by atoms with Gasteiger partial charge in [-0.3, -0.25) is 9.59 Å². The van der Waals surface area contributed by atoms with Crippen molar-refractivity contribution in [2.45, 2.75) is 99.5 Å². The van der Waals surface area contributed by atoms with Crippen LogP contribution < -0.4 is 0 Å². The molecule has 4 unspecified atom stereocenters. The molecular weight excluding hydrogens is 565 g/mol. The van der Waals surface area contributed by atoms with Gasteiger partial charge in [0.05, 0.1) is 28.5 Å². The molecule has 8 atom stereocenters. The quantitative estimate of drug-likeness (QED) is 0.411. The Morgan fingerprint density at radius 3 is 2.74 bits per heavy atom. The SMILES string of the molecule is CC12C[C@H](O)[C@@]3(F)C(CCC4=CC(=O)C=CC43C)C1C[C@@H]1OC3(CCCC3)O[C@]12C(=O)CSc1ccc2ccccc2n1. The van der Waals surface area contributed by atoms with E-state index in [0.717, 1.165) is 47.2 Å². The number of aliphatic hydroxyl groups excluding tert-OH is 1. The van der Waals surface area contributed by atoms with Gasteiger partial charge in [0.1, 0.15) is 0 Å². The first-order valence-electron chi connectivity index (χ1n) is 15.8. The van der Waals surface area contributed by atoms with E-state index in [4.69, 9.17) is 14.5 Å². The van der Waals surface area contributed by atoms with E-state index >= 15 is 4.39 Å². The van der Waals surface area contributed by atoms with Crippen molar-refractivity contribution < 1.29 is 28.6 Å². The van der Waals surface area contributed by atoms with Gasteiger partial charge < -0.3 is 14.6 Å². The van der Waals surface area contributed by atoms with Crippen LogP contribution in [0.4, 0.5) is 4.39 Å². The van der Waals surface area contributed by atoms with Gasteiger partial charge in [-0.25, -0.2) is 9.37 Å². The van der Waals surface area contributed by atoms with Crippen LogP contribution in [0.2, 0.25) is 0 Å². The smallest absolute Gasteiger partial charge is 0.178 e. The summed E-state index contributed by atoms with van der Waals surface area (Å²) in [6.07, 6.45) is 7.98. The Morgan fingerprint density at radius 2 is 1.93 bits per heavy atom. The fourth-order valence-corrected chi connectivity index (χ4v) is 11.0. The molecule has 1 spiro atoms. The van der Waals surface area contributed by atoms with Gasteiger partial charge in [0.25, 0.3) is 0 Å². The zero-order chi connectivity index (χ0) is 29.8. The highest BCUT2D eigenvalue weighted by molar-refractivity contribution is 7.99. The van der Waals surface area contributed by atoms with E-state index in [1.165, 1.54) is 17.8 Å². The average molecular weight is 604 g/mol. The summed E-state index contributed by atoms with van der Waals surface area (Å²) in [4.78, 5) is 31.7. The molecule has 0 radical (unpaired) electrons. The minimum Gasteiger partial charge on any atom is -0.390 e.